The Labute approximate surface area is 92.2 Å². The van der Waals surface area contributed by atoms with Gasteiger partial charge in [0, 0.05) is 5.54 Å². The van der Waals surface area contributed by atoms with Gasteiger partial charge in [0.05, 0.1) is 5.60 Å². The Morgan fingerprint density at radius 3 is 2.27 bits per heavy atom. The molecule has 0 aromatic carbocycles. The number of rotatable bonds is 1. The van der Waals surface area contributed by atoms with E-state index in [2.05, 4.69) is 13.8 Å². The third-order valence-electron chi connectivity index (χ3n) is 5.30. The molecule has 0 aromatic rings. The van der Waals surface area contributed by atoms with E-state index >= 15 is 0 Å². The van der Waals surface area contributed by atoms with Gasteiger partial charge in [-0.25, -0.2) is 0 Å². The highest BCUT2D eigenvalue weighted by atomic mass is 16.3. The molecular weight excluding hydrogens is 186 g/mol. The second kappa shape index (κ2) is 2.60. The van der Waals surface area contributed by atoms with Crippen LogP contribution in [0.2, 0.25) is 0 Å². The van der Waals surface area contributed by atoms with E-state index in [0.717, 1.165) is 25.2 Å². The molecule has 2 bridgehead atoms. The molecule has 86 valence electrons. The first-order valence-corrected chi connectivity index (χ1v) is 6.36. The Kier molecular flexibility index (Phi) is 1.75. The third-order valence-corrected chi connectivity index (χ3v) is 5.30. The summed E-state index contributed by atoms with van der Waals surface area (Å²) in [5.74, 6) is 1.41. The first kappa shape index (κ1) is 10.1. The van der Waals surface area contributed by atoms with E-state index < -0.39 is 5.60 Å². The molecule has 0 amide bonds. The van der Waals surface area contributed by atoms with Gasteiger partial charge in [-0.3, -0.25) is 0 Å². The van der Waals surface area contributed by atoms with Crippen molar-refractivity contribution in [2.24, 2.45) is 23.0 Å². The average molecular weight is 209 g/mol. The zero-order chi connectivity index (χ0) is 10.9. The molecule has 0 spiro atoms. The number of fused-ring (bicyclic) bond motifs is 2. The molecule has 3 atom stereocenters. The lowest BCUT2D eigenvalue weighted by Gasteiger charge is -2.59. The van der Waals surface area contributed by atoms with Crippen molar-refractivity contribution in [2.75, 3.05) is 0 Å². The Balaban J connectivity index is 1.83. The Bertz CT molecular complexity index is 291. The summed E-state index contributed by atoms with van der Waals surface area (Å²) >= 11 is 0. The van der Waals surface area contributed by atoms with Crippen molar-refractivity contribution in [2.45, 2.75) is 63.5 Å². The van der Waals surface area contributed by atoms with E-state index in [-0.39, 0.29) is 5.54 Å². The van der Waals surface area contributed by atoms with Crippen LogP contribution in [0.1, 0.15) is 52.4 Å². The van der Waals surface area contributed by atoms with Gasteiger partial charge in [0.1, 0.15) is 0 Å². The van der Waals surface area contributed by atoms with Crippen LogP contribution in [0.15, 0.2) is 0 Å². The van der Waals surface area contributed by atoms with Gasteiger partial charge < -0.3 is 10.8 Å². The Hall–Kier alpha value is -0.0800. The first-order chi connectivity index (χ1) is 6.85. The van der Waals surface area contributed by atoms with E-state index in [1.54, 1.807) is 0 Å². The van der Waals surface area contributed by atoms with Crippen molar-refractivity contribution in [1.29, 1.82) is 0 Å². The molecule has 2 nitrogen and oxygen atoms in total. The third kappa shape index (κ3) is 1.18. The van der Waals surface area contributed by atoms with Gasteiger partial charge in [0.15, 0.2) is 0 Å². The lowest BCUT2D eigenvalue weighted by atomic mass is 9.51. The van der Waals surface area contributed by atoms with Gasteiger partial charge in [-0.15, -0.1) is 0 Å². The highest BCUT2D eigenvalue weighted by Gasteiger charge is 2.65. The minimum atomic E-state index is -0.545. The molecule has 3 aliphatic rings. The maximum atomic E-state index is 10.7. The highest BCUT2D eigenvalue weighted by molar-refractivity contribution is 5.20. The lowest BCUT2D eigenvalue weighted by molar-refractivity contribution is -0.173. The van der Waals surface area contributed by atoms with Crippen molar-refractivity contribution >= 4 is 0 Å². The van der Waals surface area contributed by atoms with Crippen molar-refractivity contribution in [3.63, 3.8) is 0 Å². The standard InChI is InChI=1S/C13H23NO/c1-11(2)7-12(15,8-11)13(14)6-9-3-4-10(13)5-9/h9-10,15H,3-8,14H2,1-2H3. The van der Waals surface area contributed by atoms with E-state index in [9.17, 15) is 5.11 Å². The molecule has 0 heterocycles. The molecule has 15 heavy (non-hydrogen) atoms. The van der Waals surface area contributed by atoms with Crippen LogP contribution in [-0.2, 0) is 0 Å². The fourth-order valence-electron chi connectivity index (χ4n) is 4.80. The summed E-state index contributed by atoms with van der Waals surface area (Å²) in [4.78, 5) is 0. The predicted octanol–water partition coefficient (Wildman–Crippen LogP) is 2.05. The van der Waals surface area contributed by atoms with Crippen molar-refractivity contribution < 1.29 is 5.11 Å². The summed E-state index contributed by atoms with van der Waals surface area (Å²) in [5.41, 5.74) is 6.07. The number of hydrogen-bond donors (Lipinski definition) is 2. The lowest BCUT2D eigenvalue weighted by Crippen LogP contribution is -2.70. The summed E-state index contributed by atoms with van der Waals surface area (Å²) in [6.07, 6.45) is 6.76. The molecule has 3 aliphatic carbocycles. The fraction of sp³-hybridized carbons (Fsp3) is 1.00. The summed E-state index contributed by atoms with van der Waals surface area (Å²) in [5, 5.41) is 10.7. The summed E-state index contributed by atoms with van der Waals surface area (Å²) < 4.78 is 0. The molecule has 0 aromatic heterocycles. The molecule has 0 radical (unpaired) electrons. The maximum Gasteiger partial charge on any atom is 0.0839 e. The van der Waals surface area contributed by atoms with Crippen molar-refractivity contribution in [3.05, 3.63) is 0 Å². The Morgan fingerprint density at radius 1 is 1.20 bits per heavy atom. The minimum absolute atomic E-state index is 0.245. The normalized spacial score (nSPS) is 50.4. The minimum Gasteiger partial charge on any atom is -0.388 e. The van der Waals surface area contributed by atoms with Crippen LogP contribution >= 0.6 is 0 Å². The van der Waals surface area contributed by atoms with E-state index in [0.29, 0.717) is 11.3 Å². The molecule has 3 unspecified atom stereocenters. The van der Waals surface area contributed by atoms with Gasteiger partial charge in [0.2, 0.25) is 0 Å². The smallest absolute Gasteiger partial charge is 0.0839 e. The monoisotopic (exact) mass is 209 g/mol. The van der Waals surface area contributed by atoms with Crippen LogP contribution in [0, 0.1) is 17.3 Å². The van der Waals surface area contributed by atoms with Gasteiger partial charge in [-0.05, 0) is 49.4 Å². The average Bonchev–Trinajstić information content (AvgIpc) is 2.59. The summed E-state index contributed by atoms with van der Waals surface area (Å²) in [6.45, 7) is 4.47. The van der Waals surface area contributed by atoms with Crippen LogP contribution < -0.4 is 5.73 Å². The van der Waals surface area contributed by atoms with E-state index in [1.807, 2.05) is 0 Å². The van der Waals surface area contributed by atoms with E-state index in [4.69, 9.17) is 5.73 Å². The highest BCUT2D eigenvalue weighted by Crippen LogP contribution is 2.62. The molecule has 0 saturated heterocycles. The molecule has 3 rings (SSSR count). The summed E-state index contributed by atoms with van der Waals surface area (Å²) in [7, 11) is 0. The van der Waals surface area contributed by atoms with E-state index in [1.165, 1.54) is 19.3 Å². The fourth-order valence-corrected chi connectivity index (χ4v) is 4.80. The second-order valence-electron chi connectivity index (χ2n) is 7.17. The maximum absolute atomic E-state index is 10.7. The molecule has 3 N–H and O–H groups in total. The topological polar surface area (TPSA) is 46.2 Å². The first-order valence-electron chi connectivity index (χ1n) is 6.36. The van der Waals surface area contributed by atoms with Crippen LogP contribution in [0.5, 0.6) is 0 Å². The van der Waals surface area contributed by atoms with Crippen LogP contribution in [0.4, 0.5) is 0 Å². The van der Waals surface area contributed by atoms with Gasteiger partial charge >= 0.3 is 0 Å². The van der Waals surface area contributed by atoms with Crippen LogP contribution in [0.25, 0.3) is 0 Å². The number of nitrogens with two attached hydrogens (primary N) is 1. The largest absolute Gasteiger partial charge is 0.388 e. The molecule has 3 fully saturated rings. The Morgan fingerprint density at radius 2 is 1.87 bits per heavy atom. The quantitative estimate of drug-likeness (QED) is 0.694. The van der Waals surface area contributed by atoms with Gasteiger partial charge in [0.25, 0.3) is 0 Å². The van der Waals surface area contributed by atoms with Gasteiger partial charge in [-0.2, -0.15) is 0 Å². The number of aliphatic hydroxyl groups is 1. The second-order valence-corrected chi connectivity index (χ2v) is 7.17. The molecule has 0 aliphatic heterocycles. The van der Waals surface area contributed by atoms with Gasteiger partial charge in [-0.1, -0.05) is 20.3 Å². The predicted molar refractivity (Wildman–Crippen MR) is 60.3 cm³/mol. The zero-order valence-corrected chi connectivity index (χ0v) is 9.92. The zero-order valence-electron chi connectivity index (χ0n) is 9.92. The molecule has 2 heteroatoms. The van der Waals surface area contributed by atoms with Crippen LogP contribution in [0.3, 0.4) is 0 Å². The van der Waals surface area contributed by atoms with Crippen molar-refractivity contribution in [3.8, 4) is 0 Å². The van der Waals surface area contributed by atoms with Crippen LogP contribution in [-0.4, -0.2) is 16.2 Å². The molecule has 3 saturated carbocycles. The molecular formula is C13H23NO. The SMILES string of the molecule is CC1(C)CC(O)(C2(N)CC3CCC2C3)C1. The van der Waals surface area contributed by atoms with Crippen molar-refractivity contribution in [1.82, 2.24) is 0 Å². The summed E-state index contributed by atoms with van der Waals surface area (Å²) in [6, 6.07) is 0. The number of hydrogen-bond acceptors (Lipinski definition) is 2.